The molecule has 0 saturated heterocycles. The van der Waals surface area contributed by atoms with Gasteiger partial charge in [0.25, 0.3) is 0 Å². The van der Waals surface area contributed by atoms with E-state index in [0.29, 0.717) is 6.54 Å². The number of nitrogens with zero attached hydrogens (tertiary/aromatic N) is 1. The van der Waals surface area contributed by atoms with Gasteiger partial charge in [-0.1, -0.05) is 60.1 Å². The molecule has 5 heteroatoms. The highest BCUT2D eigenvalue weighted by Gasteiger charge is 2.17. The van der Waals surface area contributed by atoms with Gasteiger partial charge < -0.3 is 4.42 Å². The van der Waals surface area contributed by atoms with Crippen LogP contribution in [0.1, 0.15) is 23.1 Å². The first-order chi connectivity index (χ1) is 12.8. The highest BCUT2D eigenvalue weighted by Crippen LogP contribution is 2.30. The summed E-state index contributed by atoms with van der Waals surface area (Å²) in [5.74, 6) is 0.887. The van der Waals surface area contributed by atoms with Crippen molar-refractivity contribution >= 4 is 22.9 Å². The molecule has 4 aromatic rings. The number of hydrogen-bond acceptors (Lipinski definition) is 4. The predicted octanol–water partition coefficient (Wildman–Crippen LogP) is 5.94. The minimum Gasteiger partial charge on any atom is -0.467 e. The fourth-order valence-electron chi connectivity index (χ4n) is 2.84. The van der Waals surface area contributed by atoms with Gasteiger partial charge >= 0.3 is 0 Å². The van der Waals surface area contributed by atoms with Gasteiger partial charge in [-0.25, -0.2) is 4.98 Å². The Morgan fingerprint density at radius 3 is 2.58 bits per heavy atom. The number of benzene rings is 2. The molecule has 0 fully saturated rings. The summed E-state index contributed by atoms with van der Waals surface area (Å²) in [6.07, 6.45) is 1.70. The molecule has 2 aromatic carbocycles. The molecular formula is C21H17ClN2OS. The first-order valence-electron chi connectivity index (χ1n) is 8.32. The molecule has 130 valence electrons. The molecule has 3 nitrogen and oxygen atoms in total. The van der Waals surface area contributed by atoms with E-state index < -0.39 is 0 Å². The molecular weight excluding hydrogens is 364 g/mol. The highest BCUT2D eigenvalue weighted by molar-refractivity contribution is 7.13. The normalized spacial score (nSPS) is 12.2. The lowest BCUT2D eigenvalue weighted by molar-refractivity contribution is 0.444. The number of halogens is 1. The van der Waals surface area contributed by atoms with E-state index >= 15 is 0 Å². The molecule has 0 aliphatic rings. The maximum absolute atomic E-state index is 6.28. The lowest BCUT2D eigenvalue weighted by Crippen LogP contribution is -2.21. The lowest BCUT2D eigenvalue weighted by Gasteiger charge is -2.16. The molecule has 0 spiro atoms. The molecule has 26 heavy (non-hydrogen) atoms. The van der Waals surface area contributed by atoms with E-state index in [9.17, 15) is 0 Å². The van der Waals surface area contributed by atoms with Gasteiger partial charge in [0.15, 0.2) is 0 Å². The van der Waals surface area contributed by atoms with Crippen LogP contribution in [0.2, 0.25) is 5.02 Å². The second kappa shape index (κ2) is 7.87. The Kier molecular flexibility index (Phi) is 5.16. The summed E-state index contributed by atoms with van der Waals surface area (Å²) in [6, 6.07) is 21.9. The maximum Gasteiger partial charge on any atom is 0.125 e. The summed E-state index contributed by atoms with van der Waals surface area (Å²) in [5, 5.41) is 7.27. The summed E-state index contributed by atoms with van der Waals surface area (Å²) >= 11 is 7.88. The zero-order valence-corrected chi connectivity index (χ0v) is 15.5. The Morgan fingerprint density at radius 2 is 1.81 bits per heavy atom. The molecule has 0 aliphatic carbocycles. The number of furan rings is 1. The van der Waals surface area contributed by atoms with Crippen molar-refractivity contribution in [3.63, 3.8) is 0 Å². The molecule has 0 amide bonds. The lowest BCUT2D eigenvalue weighted by atomic mass is 10.0. The van der Waals surface area contributed by atoms with E-state index in [2.05, 4.69) is 22.8 Å². The standard InChI is InChI=1S/C21H17ClN2OS/c22-18-10-5-4-9-17(18)21-24-16(14-26-21)13-23-20(19-11-6-12-25-19)15-7-2-1-3-8-15/h1-12,14,20,23H,13H2/t20-/m0/s1. The maximum atomic E-state index is 6.28. The average Bonchev–Trinajstić information content (AvgIpc) is 3.36. The van der Waals surface area contributed by atoms with Crippen molar-refractivity contribution in [2.75, 3.05) is 0 Å². The van der Waals surface area contributed by atoms with Gasteiger partial charge in [0.2, 0.25) is 0 Å². The van der Waals surface area contributed by atoms with Crippen molar-refractivity contribution in [1.29, 1.82) is 0 Å². The third kappa shape index (κ3) is 3.73. The van der Waals surface area contributed by atoms with Crippen molar-refractivity contribution < 1.29 is 4.42 Å². The number of aromatic nitrogens is 1. The predicted molar refractivity (Wildman–Crippen MR) is 106 cm³/mol. The quantitative estimate of drug-likeness (QED) is 0.450. The van der Waals surface area contributed by atoms with Gasteiger partial charge in [-0.3, -0.25) is 5.32 Å². The number of rotatable bonds is 6. The molecule has 1 N–H and O–H groups in total. The Hall–Kier alpha value is -2.40. The third-order valence-electron chi connectivity index (χ3n) is 4.10. The van der Waals surface area contributed by atoms with Crippen molar-refractivity contribution in [2.45, 2.75) is 12.6 Å². The van der Waals surface area contributed by atoms with Crippen LogP contribution in [0.3, 0.4) is 0 Å². The van der Waals surface area contributed by atoms with E-state index in [-0.39, 0.29) is 6.04 Å². The smallest absolute Gasteiger partial charge is 0.125 e. The minimum absolute atomic E-state index is 0.0170. The van der Waals surface area contributed by atoms with Crippen LogP contribution in [0.25, 0.3) is 10.6 Å². The van der Waals surface area contributed by atoms with Gasteiger partial charge in [0, 0.05) is 17.5 Å². The largest absolute Gasteiger partial charge is 0.467 e. The second-order valence-corrected chi connectivity index (χ2v) is 7.13. The topological polar surface area (TPSA) is 38.1 Å². The molecule has 0 unspecified atom stereocenters. The zero-order valence-electron chi connectivity index (χ0n) is 13.9. The van der Waals surface area contributed by atoms with Crippen LogP contribution in [-0.4, -0.2) is 4.98 Å². The molecule has 0 aliphatic heterocycles. The fourth-order valence-corrected chi connectivity index (χ4v) is 3.98. The van der Waals surface area contributed by atoms with Crippen LogP contribution in [0, 0.1) is 0 Å². The summed E-state index contributed by atoms with van der Waals surface area (Å²) in [7, 11) is 0. The molecule has 1 atom stereocenters. The first-order valence-corrected chi connectivity index (χ1v) is 9.58. The molecule has 2 heterocycles. The summed E-state index contributed by atoms with van der Waals surface area (Å²) in [5.41, 5.74) is 3.11. The van der Waals surface area contributed by atoms with Crippen molar-refractivity contribution in [3.05, 3.63) is 100 Å². The molecule has 4 rings (SSSR count). The van der Waals surface area contributed by atoms with Crippen LogP contribution in [-0.2, 0) is 6.54 Å². The highest BCUT2D eigenvalue weighted by atomic mass is 35.5. The number of hydrogen-bond donors (Lipinski definition) is 1. The number of nitrogens with one attached hydrogen (secondary N) is 1. The first kappa shape index (κ1) is 17.0. The molecule has 0 radical (unpaired) electrons. The van der Waals surface area contributed by atoms with E-state index in [1.54, 1.807) is 17.6 Å². The Balaban J connectivity index is 1.53. The summed E-state index contributed by atoms with van der Waals surface area (Å²) < 4.78 is 5.63. The fraction of sp³-hybridized carbons (Fsp3) is 0.0952. The van der Waals surface area contributed by atoms with Crippen molar-refractivity contribution in [1.82, 2.24) is 10.3 Å². The molecule has 0 saturated carbocycles. The molecule has 2 aromatic heterocycles. The monoisotopic (exact) mass is 380 g/mol. The minimum atomic E-state index is -0.0170. The van der Waals surface area contributed by atoms with Gasteiger partial charge in [0.05, 0.1) is 23.0 Å². The SMILES string of the molecule is Clc1ccccc1-c1nc(CN[C@@H](c2ccccc2)c2ccco2)cs1. The van der Waals surface area contributed by atoms with Crippen LogP contribution in [0.15, 0.2) is 82.8 Å². The Labute approximate surface area is 161 Å². The Bertz CT molecular complexity index is 967. The van der Waals surface area contributed by atoms with Gasteiger partial charge in [-0.15, -0.1) is 11.3 Å². The molecule has 0 bridgehead atoms. The van der Waals surface area contributed by atoms with Gasteiger partial charge in [-0.2, -0.15) is 0 Å². The van der Waals surface area contributed by atoms with E-state index in [1.807, 2.05) is 54.6 Å². The second-order valence-electron chi connectivity index (χ2n) is 5.86. The van der Waals surface area contributed by atoms with Crippen LogP contribution in [0.4, 0.5) is 0 Å². The van der Waals surface area contributed by atoms with E-state index in [1.165, 1.54) is 0 Å². The van der Waals surface area contributed by atoms with Gasteiger partial charge in [0.1, 0.15) is 10.8 Å². The van der Waals surface area contributed by atoms with Gasteiger partial charge in [-0.05, 0) is 23.8 Å². The van der Waals surface area contributed by atoms with Crippen LogP contribution < -0.4 is 5.32 Å². The van der Waals surface area contributed by atoms with Crippen LogP contribution in [0.5, 0.6) is 0 Å². The van der Waals surface area contributed by atoms with E-state index in [0.717, 1.165) is 32.6 Å². The van der Waals surface area contributed by atoms with Crippen molar-refractivity contribution in [3.8, 4) is 10.6 Å². The van der Waals surface area contributed by atoms with E-state index in [4.69, 9.17) is 21.0 Å². The summed E-state index contributed by atoms with van der Waals surface area (Å²) in [6.45, 7) is 0.640. The Morgan fingerprint density at radius 1 is 1.00 bits per heavy atom. The van der Waals surface area contributed by atoms with Crippen molar-refractivity contribution in [2.24, 2.45) is 0 Å². The number of thiazole rings is 1. The average molecular weight is 381 g/mol. The zero-order chi connectivity index (χ0) is 17.8. The third-order valence-corrected chi connectivity index (χ3v) is 5.36. The summed E-state index contributed by atoms with van der Waals surface area (Å²) in [4.78, 5) is 4.73. The van der Waals surface area contributed by atoms with Crippen LogP contribution >= 0.6 is 22.9 Å².